The summed E-state index contributed by atoms with van der Waals surface area (Å²) in [6.07, 6.45) is 0.339. The maximum Gasteiger partial charge on any atom is 0.257 e. The molecule has 0 spiro atoms. The van der Waals surface area contributed by atoms with E-state index in [0.717, 1.165) is 11.3 Å². The van der Waals surface area contributed by atoms with Crippen LogP contribution in [0.1, 0.15) is 33.3 Å². The van der Waals surface area contributed by atoms with Gasteiger partial charge in [0.2, 0.25) is 11.0 Å². The lowest BCUT2D eigenvalue weighted by Gasteiger charge is -2.17. The summed E-state index contributed by atoms with van der Waals surface area (Å²) >= 11 is 13.3. The van der Waals surface area contributed by atoms with Crippen LogP contribution < -0.4 is 10.2 Å². The average Bonchev–Trinajstić information content (AvgIpc) is 3.31. The number of hydrogen-bond acceptors (Lipinski definition) is 5. The Hall–Kier alpha value is -2.48. The van der Waals surface area contributed by atoms with Crippen molar-refractivity contribution in [3.05, 3.63) is 68.6 Å². The largest absolute Gasteiger partial charge is 0.312 e. The van der Waals surface area contributed by atoms with E-state index in [2.05, 4.69) is 15.5 Å². The number of benzene rings is 2. The Kier molecular flexibility index (Phi) is 5.54. The molecular formula is C20H16Cl2N4O2S. The highest BCUT2D eigenvalue weighted by Gasteiger charge is 2.34. The van der Waals surface area contributed by atoms with Gasteiger partial charge in [0, 0.05) is 40.2 Å². The lowest BCUT2D eigenvalue weighted by atomic mass is 10.1. The fraction of sp³-hybridized carbons (Fsp3) is 0.200. The molecule has 1 fully saturated rings. The summed E-state index contributed by atoms with van der Waals surface area (Å²) in [6, 6.07) is 12.2. The van der Waals surface area contributed by atoms with E-state index in [1.165, 1.54) is 11.3 Å². The summed E-state index contributed by atoms with van der Waals surface area (Å²) < 4.78 is 0. The van der Waals surface area contributed by atoms with E-state index >= 15 is 0 Å². The van der Waals surface area contributed by atoms with Gasteiger partial charge in [-0.15, -0.1) is 10.2 Å². The molecule has 9 heteroatoms. The Bertz CT molecular complexity index is 1080. The van der Waals surface area contributed by atoms with Gasteiger partial charge in [-0.05, 0) is 48.9 Å². The normalized spacial score (nSPS) is 16.3. The number of aromatic nitrogens is 2. The standard InChI is InChI=1S/C20H16Cl2N4O2S/c1-11-2-7-15(9-16(11)22)26-10-13(8-17(26)27)19-24-25-20(29-19)23-18(28)12-3-5-14(21)6-4-12/h2-7,9,13H,8,10H2,1H3,(H,23,25,28). The van der Waals surface area contributed by atoms with Crippen molar-refractivity contribution in [3.63, 3.8) is 0 Å². The maximum absolute atomic E-state index is 12.5. The summed E-state index contributed by atoms with van der Waals surface area (Å²) in [5.74, 6) is -0.360. The monoisotopic (exact) mass is 446 g/mol. The number of carbonyl (C=O) groups is 2. The minimum Gasteiger partial charge on any atom is -0.312 e. The van der Waals surface area contributed by atoms with Crippen molar-refractivity contribution in [3.8, 4) is 0 Å². The first-order valence-electron chi connectivity index (χ1n) is 8.87. The highest BCUT2D eigenvalue weighted by atomic mass is 35.5. The van der Waals surface area contributed by atoms with Crippen LogP contribution in [0.25, 0.3) is 0 Å². The molecule has 0 bridgehead atoms. The molecule has 3 aromatic rings. The number of aryl methyl sites for hydroxylation is 1. The van der Waals surface area contributed by atoms with E-state index in [9.17, 15) is 9.59 Å². The molecular weight excluding hydrogens is 431 g/mol. The van der Waals surface area contributed by atoms with Crippen LogP contribution in [0.15, 0.2) is 42.5 Å². The Morgan fingerprint density at radius 1 is 1.17 bits per heavy atom. The lowest BCUT2D eigenvalue weighted by Crippen LogP contribution is -2.24. The van der Waals surface area contributed by atoms with Gasteiger partial charge >= 0.3 is 0 Å². The highest BCUT2D eigenvalue weighted by Crippen LogP contribution is 2.35. The zero-order valence-electron chi connectivity index (χ0n) is 15.4. The summed E-state index contributed by atoms with van der Waals surface area (Å²) in [5, 5.41) is 13.3. The molecule has 1 aliphatic heterocycles. The van der Waals surface area contributed by atoms with Crippen molar-refractivity contribution >= 4 is 57.2 Å². The second-order valence-corrected chi connectivity index (χ2v) is 8.60. The van der Waals surface area contributed by atoms with Gasteiger partial charge in [0.15, 0.2) is 0 Å². The van der Waals surface area contributed by atoms with E-state index < -0.39 is 0 Å². The van der Waals surface area contributed by atoms with Crippen LogP contribution >= 0.6 is 34.5 Å². The van der Waals surface area contributed by atoms with E-state index in [-0.39, 0.29) is 17.7 Å². The highest BCUT2D eigenvalue weighted by molar-refractivity contribution is 7.15. The first-order valence-corrected chi connectivity index (χ1v) is 10.4. The van der Waals surface area contributed by atoms with Gasteiger partial charge in [-0.1, -0.05) is 40.6 Å². The molecule has 6 nitrogen and oxygen atoms in total. The van der Waals surface area contributed by atoms with E-state index in [1.54, 1.807) is 35.2 Å². The van der Waals surface area contributed by atoms with Crippen LogP contribution in [0.5, 0.6) is 0 Å². The predicted molar refractivity (Wildman–Crippen MR) is 115 cm³/mol. The quantitative estimate of drug-likeness (QED) is 0.616. The first-order chi connectivity index (χ1) is 13.9. The molecule has 1 unspecified atom stereocenters. The van der Waals surface area contributed by atoms with Crippen LogP contribution in [-0.4, -0.2) is 28.6 Å². The number of carbonyl (C=O) groups excluding carboxylic acids is 2. The fourth-order valence-electron chi connectivity index (χ4n) is 3.09. The molecule has 148 valence electrons. The van der Waals surface area contributed by atoms with Crippen molar-refractivity contribution in [2.24, 2.45) is 0 Å². The zero-order valence-corrected chi connectivity index (χ0v) is 17.7. The number of anilines is 2. The minimum absolute atomic E-state index is 0.0110. The van der Waals surface area contributed by atoms with E-state index in [4.69, 9.17) is 23.2 Å². The second kappa shape index (κ2) is 8.10. The van der Waals surface area contributed by atoms with Gasteiger partial charge in [-0.3, -0.25) is 14.9 Å². The third-order valence-corrected chi connectivity index (χ3v) is 6.37. The van der Waals surface area contributed by atoms with E-state index in [1.807, 2.05) is 19.1 Å². The molecule has 29 heavy (non-hydrogen) atoms. The van der Waals surface area contributed by atoms with Crippen molar-refractivity contribution < 1.29 is 9.59 Å². The van der Waals surface area contributed by atoms with Gasteiger partial charge in [-0.2, -0.15) is 0 Å². The predicted octanol–water partition coefficient (Wildman–Crippen LogP) is 4.93. The maximum atomic E-state index is 12.5. The number of hydrogen-bond donors (Lipinski definition) is 1. The topological polar surface area (TPSA) is 75.2 Å². The Labute approximate surface area is 181 Å². The van der Waals surface area contributed by atoms with Crippen LogP contribution in [0.2, 0.25) is 10.0 Å². The van der Waals surface area contributed by atoms with E-state index in [0.29, 0.717) is 38.7 Å². The zero-order chi connectivity index (χ0) is 20.5. The molecule has 1 aliphatic rings. The molecule has 0 radical (unpaired) electrons. The summed E-state index contributed by atoms with van der Waals surface area (Å²) in [7, 11) is 0. The number of rotatable bonds is 4. The van der Waals surface area contributed by atoms with Gasteiger partial charge in [0.1, 0.15) is 5.01 Å². The first kappa shape index (κ1) is 19.8. The molecule has 0 aliphatic carbocycles. The van der Waals surface area contributed by atoms with Crippen molar-refractivity contribution in [1.82, 2.24) is 10.2 Å². The number of halogens is 2. The molecule has 1 atom stereocenters. The third-order valence-electron chi connectivity index (χ3n) is 4.71. The SMILES string of the molecule is Cc1ccc(N2CC(c3nnc(NC(=O)c4ccc(Cl)cc4)s3)CC2=O)cc1Cl. The summed E-state index contributed by atoms with van der Waals surface area (Å²) in [6.45, 7) is 2.42. The Balaban J connectivity index is 1.45. The Morgan fingerprint density at radius 3 is 2.66 bits per heavy atom. The van der Waals surface area contributed by atoms with Crippen LogP contribution in [0.3, 0.4) is 0 Å². The number of nitrogens with zero attached hydrogens (tertiary/aromatic N) is 3. The summed E-state index contributed by atoms with van der Waals surface area (Å²) in [5.41, 5.74) is 2.21. The van der Waals surface area contributed by atoms with Crippen molar-refractivity contribution in [2.75, 3.05) is 16.8 Å². The molecule has 2 amide bonds. The molecule has 0 saturated carbocycles. The molecule has 1 saturated heterocycles. The van der Waals surface area contributed by atoms with Crippen LogP contribution in [-0.2, 0) is 4.79 Å². The second-order valence-electron chi connectivity index (χ2n) is 6.75. The smallest absolute Gasteiger partial charge is 0.257 e. The molecule has 1 aromatic heterocycles. The van der Waals surface area contributed by atoms with Crippen LogP contribution in [0, 0.1) is 6.92 Å². The third kappa shape index (κ3) is 4.27. The molecule has 2 aromatic carbocycles. The molecule has 4 rings (SSSR count). The van der Waals surface area contributed by atoms with Crippen molar-refractivity contribution in [2.45, 2.75) is 19.3 Å². The summed E-state index contributed by atoms with van der Waals surface area (Å²) in [4.78, 5) is 26.5. The minimum atomic E-state index is -0.289. The average molecular weight is 447 g/mol. The fourth-order valence-corrected chi connectivity index (χ4v) is 4.22. The van der Waals surface area contributed by atoms with Gasteiger partial charge in [0.25, 0.3) is 5.91 Å². The molecule has 1 N–H and O–H groups in total. The number of nitrogens with one attached hydrogen (secondary N) is 1. The van der Waals surface area contributed by atoms with Crippen molar-refractivity contribution in [1.29, 1.82) is 0 Å². The van der Waals surface area contributed by atoms with Gasteiger partial charge < -0.3 is 4.90 Å². The lowest BCUT2D eigenvalue weighted by molar-refractivity contribution is -0.117. The number of amides is 2. The van der Waals surface area contributed by atoms with Gasteiger partial charge in [-0.25, -0.2) is 0 Å². The van der Waals surface area contributed by atoms with Gasteiger partial charge in [0.05, 0.1) is 0 Å². The Morgan fingerprint density at radius 2 is 1.93 bits per heavy atom. The molecule has 2 heterocycles. The van der Waals surface area contributed by atoms with Crippen LogP contribution in [0.4, 0.5) is 10.8 Å².